The molecule has 2 rings (SSSR count). The van der Waals surface area contributed by atoms with E-state index < -0.39 is 11.6 Å². The van der Waals surface area contributed by atoms with Crippen LogP contribution < -0.4 is 10.1 Å². The van der Waals surface area contributed by atoms with Crippen LogP contribution in [0.4, 0.5) is 0 Å². The molecule has 0 unspecified atom stereocenters. The molecule has 0 radical (unpaired) electrons. The van der Waals surface area contributed by atoms with E-state index >= 15 is 0 Å². The highest BCUT2D eigenvalue weighted by Crippen LogP contribution is 2.21. The van der Waals surface area contributed by atoms with Gasteiger partial charge in [-0.15, -0.1) is 11.3 Å². The van der Waals surface area contributed by atoms with Gasteiger partial charge in [-0.1, -0.05) is 11.6 Å². The molecule has 0 atom stereocenters. The Hall–Kier alpha value is -2.12. The second-order valence-corrected chi connectivity index (χ2v) is 8.05. The summed E-state index contributed by atoms with van der Waals surface area (Å²) in [6.07, 6.45) is 0. The van der Waals surface area contributed by atoms with Gasteiger partial charge in [-0.25, -0.2) is 4.98 Å². The number of carbonyl (C=O) groups is 2. The molecule has 1 aromatic carbocycles. The van der Waals surface area contributed by atoms with Crippen LogP contribution in [0.2, 0.25) is 5.02 Å². The highest BCUT2D eigenvalue weighted by atomic mass is 35.5. The summed E-state index contributed by atoms with van der Waals surface area (Å²) in [5, 5.41) is 3.85. The zero-order valence-corrected chi connectivity index (χ0v) is 16.7. The van der Waals surface area contributed by atoms with Crippen molar-refractivity contribution in [1.29, 1.82) is 0 Å². The number of carbonyl (C=O) groups excluding carboxylic acids is 2. The number of thiazole rings is 1. The minimum absolute atomic E-state index is 0.190. The van der Waals surface area contributed by atoms with E-state index in [1.54, 1.807) is 52.0 Å². The lowest BCUT2D eigenvalue weighted by Gasteiger charge is -2.19. The van der Waals surface area contributed by atoms with Crippen LogP contribution in [-0.2, 0) is 16.1 Å². The molecule has 0 aliphatic rings. The predicted molar refractivity (Wildman–Crippen MR) is 101 cm³/mol. The smallest absolute Gasteiger partial charge is 0.325 e. The Bertz CT molecular complexity index is 781. The molecule has 2 aromatic rings. The van der Waals surface area contributed by atoms with E-state index in [4.69, 9.17) is 21.1 Å². The molecule has 0 bridgehead atoms. The summed E-state index contributed by atoms with van der Waals surface area (Å²) >= 11 is 7.06. The molecular weight excluding hydrogens is 376 g/mol. The summed E-state index contributed by atoms with van der Waals surface area (Å²) in [7, 11) is 0. The standard InChI is InChI=1S/C18H21ClN2O4S/c1-11-16(17(23)20-9-15(22)25-18(2,3)4)26-14(21-11)10-24-13-7-5-12(19)6-8-13/h5-8H,9-10H2,1-4H3,(H,20,23). The predicted octanol–water partition coefficient (Wildman–Crippen LogP) is 3.76. The zero-order valence-electron chi connectivity index (χ0n) is 15.1. The number of aryl methyl sites for hydroxylation is 1. The summed E-state index contributed by atoms with van der Waals surface area (Å²) in [5.74, 6) is -0.180. The zero-order chi connectivity index (χ0) is 19.3. The molecule has 0 aliphatic heterocycles. The van der Waals surface area contributed by atoms with E-state index in [2.05, 4.69) is 10.3 Å². The molecule has 0 fully saturated rings. The number of rotatable bonds is 6. The van der Waals surface area contributed by atoms with Gasteiger partial charge in [-0.3, -0.25) is 9.59 Å². The highest BCUT2D eigenvalue weighted by molar-refractivity contribution is 7.13. The average molecular weight is 397 g/mol. The number of hydrogen-bond acceptors (Lipinski definition) is 6. The number of hydrogen-bond donors (Lipinski definition) is 1. The number of halogens is 1. The molecule has 26 heavy (non-hydrogen) atoms. The van der Waals surface area contributed by atoms with Gasteiger partial charge in [-0.2, -0.15) is 0 Å². The molecule has 0 saturated carbocycles. The van der Waals surface area contributed by atoms with E-state index in [0.717, 1.165) is 0 Å². The van der Waals surface area contributed by atoms with Crippen LogP contribution in [0.15, 0.2) is 24.3 Å². The van der Waals surface area contributed by atoms with Crippen molar-refractivity contribution in [2.75, 3.05) is 6.54 Å². The second kappa shape index (κ2) is 8.51. The number of nitrogens with one attached hydrogen (secondary N) is 1. The van der Waals surface area contributed by atoms with Crippen molar-refractivity contribution < 1.29 is 19.1 Å². The second-order valence-electron chi connectivity index (χ2n) is 6.53. The van der Waals surface area contributed by atoms with Crippen molar-refractivity contribution in [1.82, 2.24) is 10.3 Å². The first-order chi connectivity index (χ1) is 12.1. The van der Waals surface area contributed by atoms with Crippen molar-refractivity contribution >= 4 is 34.8 Å². The van der Waals surface area contributed by atoms with Gasteiger partial charge in [0.15, 0.2) is 0 Å². The molecule has 6 nitrogen and oxygen atoms in total. The van der Waals surface area contributed by atoms with Crippen molar-refractivity contribution in [3.8, 4) is 5.75 Å². The Morgan fingerprint density at radius 3 is 2.50 bits per heavy atom. The van der Waals surface area contributed by atoms with E-state index in [-0.39, 0.29) is 19.1 Å². The Morgan fingerprint density at radius 2 is 1.88 bits per heavy atom. The number of benzene rings is 1. The number of nitrogens with zero attached hydrogens (tertiary/aromatic N) is 1. The van der Waals surface area contributed by atoms with Crippen LogP contribution in [0, 0.1) is 6.92 Å². The van der Waals surface area contributed by atoms with Crippen molar-refractivity contribution in [2.24, 2.45) is 0 Å². The lowest BCUT2D eigenvalue weighted by molar-refractivity contribution is -0.153. The van der Waals surface area contributed by atoms with Gasteiger partial charge >= 0.3 is 5.97 Å². The minimum Gasteiger partial charge on any atom is -0.486 e. The molecular formula is C18H21ClN2O4S. The lowest BCUT2D eigenvalue weighted by atomic mass is 10.2. The van der Waals surface area contributed by atoms with E-state index in [0.29, 0.717) is 26.4 Å². The third-order valence-electron chi connectivity index (χ3n) is 3.04. The molecule has 1 aromatic heterocycles. The summed E-state index contributed by atoms with van der Waals surface area (Å²) in [5.41, 5.74) is 0.000355. The van der Waals surface area contributed by atoms with Gasteiger partial charge < -0.3 is 14.8 Å². The van der Waals surface area contributed by atoms with Crippen LogP contribution in [0.3, 0.4) is 0 Å². The largest absolute Gasteiger partial charge is 0.486 e. The van der Waals surface area contributed by atoms with Crippen LogP contribution >= 0.6 is 22.9 Å². The van der Waals surface area contributed by atoms with E-state index in [1.165, 1.54) is 11.3 Å². The van der Waals surface area contributed by atoms with Gasteiger partial charge in [0.2, 0.25) is 0 Å². The van der Waals surface area contributed by atoms with Crippen molar-refractivity contribution in [2.45, 2.75) is 39.9 Å². The summed E-state index contributed by atoms with van der Waals surface area (Å²) < 4.78 is 10.8. The lowest BCUT2D eigenvalue weighted by Crippen LogP contribution is -2.34. The molecule has 1 amide bonds. The molecule has 8 heteroatoms. The first-order valence-corrected chi connectivity index (χ1v) is 9.18. The molecule has 140 valence electrons. The third kappa shape index (κ3) is 6.31. The van der Waals surface area contributed by atoms with Crippen LogP contribution in [0.25, 0.3) is 0 Å². The van der Waals surface area contributed by atoms with Crippen LogP contribution in [0.1, 0.15) is 41.1 Å². The molecule has 0 spiro atoms. The van der Waals surface area contributed by atoms with E-state index in [9.17, 15) is 9.59 Å². The maximum Gasteiger partial charge on any atom is 0.325 e. The van der Waals surface area contributed by atoms with Gasteiger partial charge in [-0.05, 0) is 52.0 Å². The fraction of sp³-hybridized carbons (Fsp3) is 0.389. The monoisotopic (exact) mass is 396 g/mol. The van der Waals surface area contributed by atoms with Crippen LogP contribution in [0.5, 0.6) is 5.75 Å². The topological polar surface area (TPSA) is 77.5 Å². The van der Waals surface area contributed by atoms with Gasteiger partial charge in [0.05, 0.1) is 5.69 Å². The quantitative estimate of drug-likeness (QED) is 0.752. The molecule has 1 heterocycles. The number of amides is 1. The highest BCUT2D eigenvalue weighted by Gasteiger charge is 2.19. The fourth-order valence-electron chi connectivity index (χ4n) is 2.01. The Morgan fingerprint density at radius 1 is 1.23 bits per heavy atom. The summed E-state index contributed by atoms with van der Waals surface area (Å²) in [6.45, 7) is 7.11. The Labute approximate surface area is 161 Å². The number of ether oxygens (including phenoxy) is 2. The molecule has 1 N–H and O–H groups in total. The van der Waals surface area contributed by atoms with Crippen molar-refractivity contribution in [3.63, 3.8) is 0 Å². The third-order valence-corrected chi connectivity index (χ3v) is 4.42. The van der Waals surface area contributed by atoms with Gasteiger partial charge in [0.25, 0.3) is 5.91 Å². The first-order valence-electron chi connectivity index (χ1n) is 7.99. The van der Waals surface area contributed by atoms with Gasteiger partial charge in [0.1, 0.15) is 34.4 Å². The first kappa shape index (κ1) is 20.2. The fourth-order valence-corrected chi connectivity index (χ4v) is 3.03. The Kier molecular flexibility index (Phi) is 6.61. The maximum atomic E-state index is 12.3. The molecule has 0 saturated heterocycles. The number of esters is 1. The Balaban J connectivity index is 1.91. The summed E-state index contributed by atoms with van der Waals surface area (Å²) in [6, 6.07) is 6.99. The van der Waals surface area contributed by atoms with Crippen LogP contribution in [-0.4, -0.2) is 29.0 Å². The average Bonchev–Trinajstić information content (AvgIpc) is 2.91. The molecule has 0 aliphatic carbocycles. The van der Waals surface area contributed by atoms with Gasteiger partial charge in [0, 0.05) is 5.02 Å². The number of aromatic nitrogens is 1. The SMILES string of the molecule is Cc1nc(COc2ccc(Cl)cc2)sc1C(=O)NCC(=O)OC(C)(C)C. The minimum atomic E-state index is -0.589. The normalized spacial score (nSPS) is 11.1. The van der Waals surface area contributed by atoms with Crippen molar-refractivity contribution in [3.05, 3.63) is 44.9 Å². The summed E-state index contributed by atoms with van der Waals surface area (Å²) in [4.78, 5) is 28.7. The maximum absolute atomic E-state index is 12.3. The van der Waals surface area contributed by atoms with E-state index in [1.807, 2.05) is 0 Å².